The van der Waals surface area contributed by atoms with Crippen molar-refractivity contribution >= 4 is 5.97 Å². The van der Waals surface area contributed by atoms with Gasteiger partial charge in [0, 0.05) is 6.54 Å². The van der Waals surface area contributed by atoms with Crippen LogP contribution in [0.3, 0.4) is 0 Å². The maximum absolute atomic E-state index is 10.6. The fraction of sp³-hybridized carbons (Fsp3) is 0.533. The molecule has 4 nitrogen and oxygen atoms in total. The largest absolute Gasteiger partial charge is 0.494 e. The van der Waals surface area contributed by atoms with Gasteiger partial charge in [0.1, 0.15) is 5.75 Å². The summed E-state index contributed by atoms with van der Waals surface area (Å²) in [6.45, 7) is 8.30. The number of aryl methyl sites for hydroxylation is 2. The zero-order valence-corrected chi connectivity index (χ0v) is 12.0. The van der Waals surface area contributed by atoms with Crippen LogP contribution in [0.15, 0.2) is 18.2 Å². The molecule has 0 aliphatic heterocycles. The van der Waals surface area contributed by atoms with Gasteiger partial charge < -0.3 is 9.84 Å². The van der Waals surface area contributed by atoms with Crippen molar-refractivity contribution in [1.29, 1.82) is 0 Å². The number of carboxylic acids is 1. The molecule has 0 amide bonds. The highest BCUT2D eigenvalue weighted by atomic mass is 16.5. The van der Waals surface area contributed by atoms with Crippen molar-refractivity contribution in [3.05, 3.63) is 29.3 Å². The standard InChI is InChI=1S/C15H23NO3/c1-4-16(11-15(17)18)8-5-9-19-14-7-6-12(2)13(3)10-14/h6-7,10H,4-5,8-9,11H2,1-3H3,(H,17,18). The Bertz CT molecular complexity index is 418. The summed E-state index contributed by atoms with van der Waals surface area (Å²) in [7, 11) is 0. The van der Waals surface area contributed by atoms with Gasteiger partial charge >= 0.3 is 5.97 Å². The van der Waals surface area contributed by atoms with Crippen LogP contribution in [0.2, 0.25) is 0 Å². The second kappa shape index (κ2) is 7.79. The number of carboxylic acid groups (broad SMARTS) is 1. The summed E-state index contributed by atoms with van der Waals surface area (Å²) in [5, 5.41) is 8.73. The molecule has 1 N–H and O–H groups in total. The van der Waals surface area contributed by atoms with E-state index in [0.717, 1.165) is 25.3 Å². The Morgan fingerprint density at radius 3 is 2.63 bits per heavy atom. The molecule has 1 aromatic carbocycles. The van der Waals surface area contributed by atoms with Crippen molar-refractivity contribution < 1.29 is 14.6 Å². The predicted octanol–water partition coefficient (Wildman–Crippen LogP) is 2.48. The molecule has 0 aliphatic rings. The lowest BCUT2D eigenvalue weighted by Crippen LogP contribution is -2.31. The van der Waals surface area contributed by atoms with Crippen molar-refractivity contribution in [3.8, 4) is 5.75 Å². The van der Waals surface area contributed by atoms with Gasteiger partial charge in [-0.3, -0.25) is 9.69 Å². The van der Waals surface area contributed by atoms with Crippen molar-refractivity contribution in [1.82, 2.24) is 4.90 Å². The number of likely N-dealkylation sites (N-methyl/N-ethyl adjacent to an activating group) is 1. The van der Waals surface area contributed by atoms with Crippen LogP contribution in [0.5, 0.6) is 5.75 Å². The fourth-order valence-corrected chi connectivity index (χ4v) is 1.82. The molecule has 4 heteroatoms. The van der Waals surface area contributed by atoms with Gasteiger partial charge in [-0.1, -0.05) is 13.0 Å². The first-order valence-corrected chi connectivity index (χ1v) is 6.67. The van der Waals surface area contributed by atoms with E-state index < -0.39 is 5.97 Å². The smallest absolute Gasteiger partial charge is 0.317 e. The average molecular weight is 265 g/mol. The van der Waals surface area contributed by atoms with E-state index in [1.54, 1.807) is 0 Å². The fourth-order valence-electron chi connectivity index (χ4n) is 1.82. The van der Waals surface area contributed by atoms with E-state index in [9.17, 15) is 4.79 Å². The lowest BCUT2D eigenvalue weighted by Gasteiger charge is -2.17. The summed E-state index contributed by atoms with van der Waals surface area (Å²) in [5.74, 6) is 0.0984. The summed E-state index contributed by atoms with van der Waals surface area (Å²) >= 11 is 0. The van der Waals surface area contributed by atoms with Crippen LogP contribution in [0.25, 0.3) is 0 Å². The number of rotatable bonds is 8. The molecule has 0 heterocycles. The van der Waals surface area contributed by atoms with Crippen LogP contribution >= 0.6 is 0 Å². The van der Waals surface area contributed by atoms with Gasteiger partial charge in [-0.25, -0.2) is 0 Å². The number of hydrogen-bond donors (Lipinski definition) is 1. The summed E-state index contributed by atoms with van der Waals surface area (Å²) in [6.07, 6.45) is 0.827. The summed E-state index contributed by atoms with van der Waals surface area (Å²) in [6, 6.07) is 6.05. The number of ether oxygens (including phenoxy) is 1. The molecule has 106 valence electrons. The van der Waals surface area contributed by atoms with Gasteiger partial charge in [-0.2, -0.15) is 0 Å². The van der Waals surface area contributed by atoms with Gasteiger partial charge in [0.15, 0.2) is 0 Å². The Balaban J connectivity index is 2.29. The van der Waals surface area contributed by atoms with Crippen molar-refractivity contribution in [2.45, 2.75) is 27.2 Å². The maximum atomic E-state index is 10.6. The van der Waals surface area contributed by atoms with Crippen molar-refractivity contribution in [2.75, 3.05) is 26.2 Å². The zero-order valence-electron chi connectivity index (χ0n) is 12.0. The third-order valence-electron chi connectivity index (χ3n) is 3.17. The maximum Gasteiger partial charge on any atom is 0.317 e. The van der Waals surface area contributed by atoms with E-state index >= 15 is 0 Å². The molecule has 0 spiro atoms. The van der Waals surface area contributed by atoms with Gasteiger partial charge in [-0.15, -0.1) is 0 Å². The molecule has 0 bridgehead atoms. The Morgan fingerprint density at radius 2 is 2.05 bits per heavy atom. The van der Waals surface area contributed by atoms with Crippen LogP contribution in [-0.2, 0) is 4.79 Å². The Hall–Kier alpha value is -1.55. The highest BCUT2D eigenvalue weighted by molar-refractivity contribution is 5.69. The number of carbonyl (C=O) groups is 1. The highest BCUT2D eigenvalue weighted by Crippen LogP contribution is 2.16. The SMILES string of the molecule is CCN(CCCOc1ccc(C)c(C)c1)CC(=O)O. The summed E-state index contributed by atoms with van der Waals surface area (Å²) in [5.41, 5.74) is 2.48. The summed E-state index contributed by atoms with van der Waals surface area (Å²) in [4.78, 5) is 12.5. The average Bonchev–Trinajstić information content (AvgIpc) is 2.36. The van der Waals surface area contributed by atoms with Crippen LogP contribution in [0, 0.1) is 13.8 Å². The quantitative estimate of drug-likeness (QED) is 0.734. The van der Waals surface area contributed by atoms with Crippen LogP contribution < -0.4 is 4.74 Å². The highest BCUT2D eigenvalue weighted by Gasteiger charge is 2.06. The third-order valence-corrected chi connectivity index (χ3v) is 3.17. The second-order valence-electron chi connectivity index (χ2n) is 4.71. The number of aliphatic carboxylic acids is 1. The first-order chi connectivity index (χ1) is 9.02. The molecule has 1 aromatic rings. The summed E-state index contributed by atoms with van der Waals surface area (Å²) < 4.78 is 5.67. The minimum Gasteiger partial charge on any atom is -0.494 e. The number of benzene rings is 1. The third kappa shape index (κ3) is 5.75. The minimum absolute atomic E-state index is 0.0974. The van der Waals surface area contributed by atoms with Crippen molar-refractivity contribution in [3.63, 3.8) is 0 Å². The zero-order chi connectivity index (χ0) is 14.3. The van der Waals surface area contributed by atoms with Gasteiger partial charge in [0.25, 0.3) is 0 Å². The minimum atomic E-state index is -0.781. The first kappa shape index (κ1) is 15.5. The Morgan fingerprint density at radius 1 is 1.32 bits per heavy atom. The predicted molar refractivity (Wildman–Crippen MR) is 75.8 cm³/mol. The number of hydrogen-bond acceptors (Lipinski definition) is 3. The molecule has 0 aromatic heterocycles. The molecule has 0 saturated heterocycles. The Labute approximate surface area is 115 Å². The molecule has 0 aliphatic carbocycles. The molecule has 0 radical (unpaired) electrons. The van der Waals surface area contributed by atoms with Gasteiger partial charge in [0.05, 0.1) is 13.2 Å². The van der Waals surface area contributed by atoms with Gasteiger partial charge in [0.2, 0.25) is 0 Å². The van der Waals surface area contributed by atoms with Crippen LogP contribution in [-0.4, -0.2) is 42.2 Å². The van der Waals surface area contributed by atoms with E-state index in [1.807, 2.05) is 30.0 Å². The molecule has 0 fully saturated rings. The molecule has 0 unspecified atom stereocenters. The van der Waals surface area contributed by atoms with Crippen LogP contribution in [0.4, 0.5) is 0 Å². The lowest BCUT2D eigenvalue weighted by atomic mass is 10.1. The van der Waals surface area contributed by atoms with E-state index in [0.29, 0.717) is 6.61 Å². The second-order valence-corrected chi connectivity index (χ2v) is 4.71. The van der Waals surface area contributed by atoms with E-state index in [2.05, 4.69) is 13.8 Å². The van der Waals surface area contributed by atoms with Crippen LogP contribution in [0.1, 0.15) is 24.5 Å². The Kier molecular flexibility index (Phi) is 6.36. The monoisotopic (exact) mass is 265 g/mol. The molecular formula is C15H23NO3. The van der Waals surface area contributed by atoms with E-state index in [-0.39, 0.29) is 6.54 Å². The lowest BCUT2D eigenvalue weighted by molar-refractivity contribution is -0.138. The normalized spacial score (nSPS) is 10.7. The molecule has 19 heavy (non-hydrogen) atoms. The first-order valence-electron chi connectivity index (χ1n) is 6.67. The van der Waals surface area contributed by atoms with E-state index in [1.165, 1.54) is 11.1 Å². The van der Waals surface area contributed by atoms with E-state index in [4.69, 9.17) is 9.84 Å². The molecule has 0 saturated carbocycles. The van der Waals surface area contributed by atoms with Crippen molar-refractivity contribution in [2.24, 2.45) is 0 Å². The van der Waals surface area contributed by atoms with Gasteiger partial charge in [-0.05, 0) is 50.1 Å². The molecule has 1 rings (SSSR count). The topological polar surface area (TPSA) is 49.8 Å². The molecule has 0 atom stereocenters. The molecular weight excluding hydrogens is 242 g/mol. The number of nitrogens with zero attached hydrogens (tertiary/aromatic N) is 1.